The standard InChI is InChI=1S/C10H12BrIO2/c1-10(2,3)14-9(13)7-4-8(11)6-12-5-7/h4-6H,1-3H3. The van der Waals surface area contributed by atoms with E-state index in [9.17, 15) is 4.79 Å². The molecule has 0 spiro atoms. The topological polar surface area (TPSA) is 26.3 Å². The molecular formula is C10H12BrIO2. The molecular weight excluding hydrogens is 359 g/mol. The van der Waals surface area contributed by atoms with Gasteiger partial charge in [-0.3, -0.25) is 0 Å². The van der Waals surface area contributed by atoms with Crippen LogP contribution >= 0.6 is 36.7 Å². The van der Waals surface area contributed by atoms with Crippen molar-refractivity contribution in [2.75, 3.05) is 0 Å². The first kappa shape index (κ1) is 12.1. The lowest BCUT2D eigenvalue weighted by Crippen LogP contribution is -2.25. The van der Waals surface area contributed by atoms with E-state index in [1.807, 2.05) is 24.8 Å². The maximum Gasteiger partial charge on any atom is 0.339 e. The van der Waals surface area contributed by atoms with Gasteiger partial charge >= 0.3 is 5.97 Å². The van der Waals surface area contributed by atoms with Crippen LogP contribution in [0, 0.1) is 0 Å². The second kappa shape index (κ2) is 4.70. The molecule has 0 aromatic rings. The van der Waals surface area contributed by atoms with Crippen LogP contribution in [-0.2, 0) is 9.53 Å². The minimum Gasteiger partial charge on any atom is -0.456 e. The zero-order chi connectivity index (χ0) is 10.8. The van der Waals surface area contributed by atoms with Crippen LogP contribution < -0.4 is 0 Å². The molecule has 14 heavy (non-hydrogen) atoms. The Hall–Kier alpha value is 0.0300. The van der Waals surface area contributed by atoms with Crippen molar-refractivity contribution < 1.29 is 9.53 Å². The zero-order valence-electron chi connectivity index (χ0n) is 8.30. The highest BCUT2D eigenvalue weighted by molar-refractivity contribution is 14.2. The number of ether oxygens (including phenoxy) is 1. The highest BCUT2D eigenvalue weighted by Crippen LogP contribution is 2.22. The second-order valence-electron chi connectivity index (χ2n) is 3.83. The molecule has 0 radical (unpaired) electrons. The summed E-state index contributed by atoms with van der Waals surface area (Å²) in [4.78, 5) is 11.6. The number of allylic oxidation sites excluding steroid dienone is 2. The van der Waals surface area contributed by atoms with Crippen molar-refractivity contribution in [3.05, 3.63) is 20.2 Å². The molecule has 1 rings (SSSR count). The molecule has 1 aliphatic rings. The van der Waals surface area contributed by atoms with E-state index in [0.717, 1.165) is 4.48 Å². The summed E-state index contributed by atoms with van der Waals surface area (Å²) in [7, 11) is 0. The van der Waals surface area contributed by atoms with E-state index in [4.69, 9.17) is 4.74 Å². The molecule has 0 bridgehead atoms. The highest BCUT2D eigenvalue weighted by atomic mass is 127. The predicted molar refractivity (Wildman–Crippen MR) is 71.0 cm³/mol. The second-order valence-corrected chi connectivity index (χ2v) is 6.71. The number of esters is 1. The number of rotatable bonds is 1. The average Bonchev–Trinajstić information content (AvgIpc) is 2.01. The molecule has 0 aromatic carbocycles. The number of carbonyl (C=O) groups is 1. The maximum atomic E-state index is 11.6. The van der Waals surface area contributed by atoms with Crippen LogP contribution in [0.4, 0.5) is 0 Å². The summed E-state index contributed by atoms with van der Waals surface area (Å²) < 4.78 is 10.3. The molecule has 78 valence electrons. The lowest BCUT2D eigenvalue weighted by Gasteiger charge is -2.20. The number of hydrogen-bond donors (Lipinski definition) is 0. The van der Waals surface area contributed by atoms with Crippen LogP contribution in [-0.4, -0.2) is 15.6 Å². The van der Waals surface area contributed by atoms with Gasteiger partial charge in [0.15, 0.2) is 0 Å². The Morgan fingerprint density at radius 3 is 2.64 bits per heavy atom. The monoisotopic (exact) mass is 370 g/mol. The van der Waals surface area contributed by atoms with Crippen molar-refractivity contribution >= 4 is 46.6 Å². The lowest BCUT2D eigenvalue weighted by molar-refractivity contribution is -0.149. The van der Waals surface area contributed by atoms with E-state index in [1.165, 1.54) is 0 Å². The van der Waals surface area contributed by atoms with Crippen LogP contribution in [0.1, 0.15) is 20.8 Å². The van der Waals surface area contributed by atoms with Gasteiger partial charge in [-0.1, -0.05) is 36.7 Å². The van der Waals surface area contributed by atoms with E-state index in [0.29, 0.717) is 5.57 Å². The Labute approximate surface area is 102 Å². The fraction of sp³-hybridized carbons (Fsp3) is 0.400. The molecule has 0 aliphatic carbocycles. The normalized spacial score (nSPS) is 16.6. The summed E-state index contributed by atoms with van der Waals surface area (Å²) in [5.41, 5.74) is 0.250. The Morgan fingerprint density at radius 1 is 1.50 bits per heavy atom. The Balaban J connectivity index is 2.73. The minimum absolute atomic E-state index is 0.145. The van der Waals surface area contributed by atoms with Crippen LogP contribution in [0.5, 0.6) is 0 Å². The molecule has 0 amide bonds. The molecule has 0 unspecified atom stereocenters. The fourth-order valence-corrected chi connectivity index (χ4v) is 3.25. The minimum atomic E-state index is -0.419. The predicted octanol–water partition coefficient (Wildman–Crippen LogP) is 3.28. The SMILES string of the molecule is CC(C)(C)OC(=O)C1=CC(Br)=CI=C1. The molecule has 0 saturated heterocycles. The zero-order valence-corrected chi connectivity index (χ0v) is 12.0. The van der Waals surface area contributed by atoms with E-state index >= 15 is 0 Å². The van der Waals surface area contributed by atoms with Gasteiger partial charge in [0.1, 0.15) is 5.60 Å². The van der Waals surface area contributed by atoms with Crippen molar-refractivity contribution in [2.24, 2.45) is 0 Å². The fourth-order valence-electron chi connectivity index (χ4n) is 0.812. The van der Waals surface area contributed by atoms with Crippen molar-refractivity contribution in [2.45, 2.75) is 26.4 Å². The van der Waals surface area contributed by atoms with Gasteiger partial charge in [0.2, 0.25) is 0 Å². The molecule has 1 aliphatic heterocycles. The summed E-state index contributed by atoms with van der Waals surface area (Å²) in [5, 5.41) is 0. The van der Waals surface area contributed by atoms with Gasteiger partial charge in [0.25, 0.3) is 0 Å². The third kappa shape index (κ3) is 4.04. The van der Waals surface area contributed by atoms with Crippen molar-refractivity contribution in [3.63, 3.8) is 0 Å². The quantitative estimate of drug-likeness (QED) is 0.523. The number of hydrogen-bond acceptors (Lipinski definition) is 2. The van der Waals surface area contributed by atoms with Gasteiger partial charge in [-0.2, -0.15) is 0 Å². The van der Waals surface area contributed by atoms with E-state index in [2.05, 4.69) is 20.0 Å². The van der Waals surface area contributed by atoms with Crippen molar-refractivity contribution in [1.82, 2.24) is 0 Å². The van der Waals surface area contributed by atoms with Crippen LogP contribution in [0.3, 0.4) is 0 Å². The average molecular weight is 371 g/mol. The van der Waals surface area contributed by atoms with Gasteiger partial charge in [-0.05, 0) is 34.9 Å². The summed E-state index contributed by atoms with van der Waals surface area (Å²) in [6.07, 6.45) is 1.80. The van der Waals surface area contributed by atoms with Gasteiger partial charge in [-0.15, -0.1) is 0 Å². The third-order valence-corrected chi connectivity index (χ3v) is 4.65. The van der Waals surface area contributed by atoms with E-state index in [-0.39, 0.29) is 26.7 Å². The van der Waals surface area contributed by atoms with Crippen molar-refractivity contribution in [1.29, 1.82) is 0 Å². The van der Waals surface area contributed by atoms with Crippen LogP contribution in [0.15, 0.2) is 20.2 Å². The van der Waals surface area contributed by atoms with Crippen molar-refractivity contribution in [3.8, 4) is 0 Å². The smallest absolute Gasteiger partial charge is 0.339 e. The molecule has 4 heteroatoms. The molecule has 1 heterocycles. The Bertz CT molecular complexity index is 335. The lowest BCUT2D eigenvalue weighted by atomic mass is 10.2. The summed E-state index contributed by atoms with van der Waals surface area (Å²) >= 11 is 3.22. The first-order valence-electron chi connectivity index (χ1n) is 4.14. The molecule has 0 atom stereocenters. The number of carbonyl (C=O) groups excluding carboxylic acids is 1. The Morgan fingerprint density at radius 2 is 2.14 bits per heavy atom. The summed E-state index contributed by atoms with van der Waals surface area (Å²) in [5.74, 6) is -0.234. The van der Waals surface area contributed by atoms with Crippen LogP contribution in [0.25, 0.3) is 0 Å². The highest BCUT2D eigenvalue weighted by Gasteiger charge is 2.19. The van der Waals surface area contributed by atoms with Gasteiger partial charge in [-0.25, -0.2) is 4.79 Å². The molecule has 2 nitrogen and oxygen atoms in total. The summed E-state index contributed by atoms with van der Waals surface area (Å²) in [6, 6.07) is 0. The molecule has 0 N–H and O–H groups in total. The maximum absolute atomic E-state index is 11.6. The molecule has 0 fully saturated rings. The van der Waals surface area contributed by atoms with E-state index in [1.54, 1.807) is 6.08 Å². The van der Waals surface area contributed by atoms with E-state index < -0.39 is 5.60 Å². The van der Waals surface area contributed by atoms with Crippen LogP contribution in [0.2, 0.25) is 0 Å². The molecule has 0 aromatic heterocycles. The van der Waals surface area contributed by atoms with Gasteiger partial charge < -0.3 is 4.74 Å². The first-order chi connectivity index (χ1) is 6.38. The Kier molecular flexibility index (Phi) is 4.06. The van der Waals surface area contributed by atoms with Gasteiger partial charge in [0, 0.05) is 4.48 Å². The largest absolute Gasteiger partial charge is 0.456 e. The third-order valence-electron chi connectivity index (χ3n) is 1.28. The van der Waals surface area contributed by atoms with Gasteiger partial charge in [0.05, 0.1) is 5.57 Å². The first-order valence-corrected chi connectivity index (χ1v) is 7.43. The number of halogens is 2. The summed E-state index contributed by atoms with van der Waals surface area (Å²) in [6.45, 7) is 5.61. The molecule has 0 saturated carbocycles.